The minimum Gasteiger partial charge on any atom is -0.481 e. The predicted octanol–water partition coefficient (Wildman–Crippen LogP) is 4.08. The number of carbonyl (C=O) groups is 1. The first-order valence-electron chi connectivity index (χ1n) is 9.42. The molecule has 0 aromatic rings. The van der Waals surface area contributed by atoms with E-state index in [0.717, 1.165) is 25.7 Å². The molecule has 4 atom stereocenters. The number of allylic oxidation sites excluding steroid dienone is 2. The molecule has 130 valence electrons. The average molecular weight is 322 g/mol. The standard InChI is InChI=1S/C19H30O4/c20-18(21)11-7-2-1-6-10-15-16-12-13-17(23-16)19(15)22-14-8-4-3-5-9-14/h1,6,14-17,19H,2-5,7-13H2,(H,20,21)/t15-,16+,17-,19+/m1/s1. The van der Waals surface area contributed by atoms with Gasteiger partial charge in [0.2, 0.25) is 0 Å². The van der Waals surface area contributed by atoms with Crippen LogP contribution in [0.2, 0.25) is 0 Å². The molecule has 0 amide bonds. The van der Waals surface area contributed by atoms with Gasteiger partial charge in [-0.05, 0) is 44.9 Å². The van der Waals surface area contributed by atoms with Crippen molar-refractivity contribution in [3.63, 3.8) is 0 Å². The molecule has 4 heteroatoms. The van der Waals surface area contributed by atoms with E-state index in [4.69, 9.17) is 14.6 Å². The molecule has 3 aliphatic rings. The van der Waals surface area contributed by atoms with E-state index in [2.05, 4.69) is 12.2 Å². The van der Waals surface area contributed by atoms with Crippen LogP contribution < -0.4 is 0 Å². The van der Waals surface area contributed by atoms with Crippen molar-refractivity contribution in [2.45, 2.75) is 95.0 Å². The van der Waals surface area contributed by atoms with Crippen molar-refractivity contribution in [2.75, 3.05) is 0 Å². The lowest BCUT2D eigenvalue weighted by Crippen LogP contribution is -2.38. The minimum absolute atomic E-state index is 0.259. The molecule has 3 fully saturated rings. The van der Waals surface area contributed by atoms with Crippen LogP contribution in [-0.4, -0.2) is 35.5 Å². The molecule has 0 aromatic carbocycles. The summed E-state index contributed by atoms with van der Waals surface area (Å²) < 4.78 is 12.6. The van der Waals surface area contributed by atoms with Crippen LogP contribution in [0, 0.1) is 5.92 Å². The Hall–Kier alpha value is -0.870. The van der Waals surface area contributed by atoms with Crippen LogP contribution >= 0.6 is 0 Å². The van der Waals surface area contributed by atoms with Crippen LogP contribution in [0.15, 0.2) is 12.2 Å². The van der Waals surface area contributed by atoms with Gasteiger partial charge in [0.25, 0.3) is 0 Å². The highest BCUT2D eigenvalue weighted by molar-refractivity contribution is 5.66. The van der Waals surface area contributed by atoms with E-state index in [0.29, 0.717) is 24.2 Å². The lowest BCUT2D eigenvalue weighted by molar-refractivity contribution is -0.137. The summed E-state index contributed by atoms with van der Waals surface area (Å²) in [5.41, 5.74) is 0. The molecule has 2 aliphatic heterocycles. The second-order valence-electron chi connectivity index (χ2n) is 7.31. The molecule has 23 heavy (non-hydrogen) atoms. The van der Waals surface area contributed by atoms with E-state index in [9.17, 15) is 4.79 Å². The SMILES string of the molecule is O=C(O)CCCC=CC[C@H]1[C@H](OC2CCCCC2)[C@H]2CC[C@@H]1O2. The van der Waals surface area contributed by atoms with Gasteiger partial charge in [-0.1, -0.05) is 31.4 Å². The third-order valence-corrected chi connectivity index (χ3v) is 5.59. The second-order valence-corrected chi connectivity index (χ2v) is 7.31. The first kappa shape index (κ1) is 17.0. The third kappa shape index (κ3) is 4.57. The molecule has 0 aromatic heterocycles. The van der Waals surface area contributed by atoms with Crippen LogP contribution in [0.3, 0.4) is 0 Å². The summed E-state index contributed by atoms with van der Waals surface area (Å²) in [7, 11) is 0. The van der Waals surface area contributed by atoms with E-state index in [1.165, 1.54) is 38.5 Å². The lowest BCUT2D eigenvalue weighted by atomic mass is 9.83. The van der Waals surface area contributed by atoms with Crippen LogP contribution in [0.25, 0.3) is 0 Å². The van der Waals surface area contributed by atoms with Crippen LogP contribution in [0.1, 0.15) is 70.6 Å². The quantitative estimate of drug-likeness (QED) is 0.540. The predicted molar refractivity (Wildman–Crippen MR) is 88.4 cm³/mol. The number of rotatable bonds is 8. The first-order valence-corrected chi connectivity index (χ1v) is 9.42. The number of ether oxygens (including phenoxy) is 2. The Morgan fingerprint density at radius 2 is 1.87 bits per heavy atom. The number of carboxylic acid groups (broad SMARTS) is 1. The van der Waals surface area contributed by atoms with E-state index < -0.39 is 5.97 Å². The number of hydrogen-bond donors (Lipinski definition) is 1. The number of hydrogen-bond acceptors (Lipinski definition) is 3. The van der Waals surface area contributed by atoms with Crippen molar-refractivity contribution in [2.24, 2.45) is 5.92 Å². The topological polar surface area (TPSA) is 55.8 Å². The Morgan fingerprint density at radius 1 is 1.09 bits per heavy atom. The highest BCUT2D eigenvalue weighted by Gasteiger charge is 2.49. The zero-order valence-electron chi connectivity index (χ0n) is 14.0. The molecule has 1 saturated carbocycles. The molecule has 0 spiro atoms. The van der Waals surface area contributed by atoms with E-state index in [1.807, 2.05) is 0 Å². The molecular formula is C19H30O4. The summed E-state index contributed by atoms with van der Waals surface area (Å²) >= 11 is 0. The summed E-state index contributed by atoms with van der Waals surface area (Å²) in [6.45, 7) is 0. The van der Waals surface area contributed by atoms with Crippen LogP contribution in [-0.2, 0) is 14.3 Å². The molecule has 0 radical (unpaired) electrons. The van der Waals surface area contributed by atoms with Gasteiger partial charge in [0, 0.05) is 12.3 Å². The van der Waals surface area contributed by atoms with Gasteiger partial charge in [-0.3, -0.25) is 4.79 Å². The van der Waals surface area contributed by atoms with Crippen molar-refractivity contribution in [1.82, 2.24) is 0 Å². The highest BCUT2D eigenvalue weighted by Crippen LogP contribution is 2.43. The fourth-order valence-corrected chi connectivity index (χ4v) is 4.37. The normalized spacial score (nSPS) is 34.4. The van der Waals surface area contributed by atoms with Gasteiger partial charge >= 0.3 is 5.97 Å². The van der Waals surface area contributed by atoms with Crippen molar-refractivity contribution >= 4 is 5.97 Å². The summed E-state index contributed by atoms with van der Waals surface area (Å²) in [5, 5.41) is 8.65. The van der Waals surface area contributed by atoms with Crippen LogP contribution in [0.4, 0.5) is 0 Å². The van der Waals surface area contributed by atoms with Gasteiger partial charge < -0.3 is 14.6 Å². The maximum atomic E-state index is 10.5. The number of carboxylic acids is 1. The molecular weight excluding hydrogens is 292 g/mol. The Morgan fingerprint density at radius 3 is 2.65 bits per heavy atom. The van der Waals surface area contributed by atoms with Crippen molar-refractivity contribution < 1.29 is 19.4 Å². The maximum Gasteiger partial charge on any atom is 0.303 e. The molecule has 2 heterocycles. The fourth-order valence-electron chi connectivity index (χ4n) is 4.37. The highest BCUT2D eigenvalue weighted by atomic mass is 16.6. The Kier molecular flexibility index (Phi) is 6.12. The average Bonchev–Trinajstić information content (AvgIpc) is 3.14. The Labute approximate surface area is 139 Å². The van der Waals surface area contributed by atoms with Gasteiger partial charge in [0.05, 0.1) is 24.4 Å². The molecule has 1 aliphatic carbocycles. The van der Waals surface area contributed by atoms with E-state index in [1.54, 1.807) is 0 Å². The van der Waals surface area contributed by atoms with Gasteiger partial charge in [0.15, 0.2) is 0 Å². The van der Waals surface area contributed by atoms with Crippen molar-refractivity contribution in [3.05, 3.63) is 12.2 Å². The number of unbranched alkanes of at least 4 members (excludes halogenated alkanes) is 1. The Bertz CT molecular complexity index is 414. The van der Waals surface area contributed by atoms with Crippen LogP contribution in [0.5, 0.6) is 0 Å². The van der Waals surface area contributed by atoms with Gasteiger partial charge in [-0.15, -0.1) is 0 Å². The van der Waals surface area contributed by atoms with E-state index >= 15 is 0 Å². The molecule has 2 saturated heterocycles. The van der Waals surface area contributed by atoms with Gasteiger partial charge in [0.1, 0.15) is 0 Å². The largest absolute Gasteiger partial charge is 0.481 e. The molecule has 4 nitrogen and oxygen atoms in total. The zero-order valence-corrected chi connectivity index (χ0v) is 14.0. The molecule has 1 N–H and O–H groups in total. The molecule has 3 rings (SSSR count). The summed E-state index contributed by atoms with van der Waals surface area (Å²) in [6, 6.07) is 0. The smallest absolute Gasteiger partial charge is 0.303 e. The zero-order chi connectivity index (χ0) is 16.1. The molecule has 0 unspecified atom stereocenters. The number of fused-ring (bicyclic) bond motifs is 2. The summed E-state index contributed by atoms with van der Waals surface area (Å²) in [5.74, 6) is -0.216. The minimum atomic E-state index is -0.708. The Balaban J connectivity index is 1.46. The van der Waals surface area contributed by atoms with Gasteiger partial charge in [-0.25, -0.2) is 0 Å². The third-order valence-electron chi connectivity index (χ3n) is 5.59. The lowest BCUT2D eigenvalue weighted by Gasteiger charge is -2.32. The van der Waals surface area contributed by atoms with Crippen molar-refractivity contribution in [3.8, 4) is 0 Å². The summed E-state index contributed by atoms with van der Waals surface area (Å²) in [6.07, 6.45) is 17.3. The molecule has 2 bridgehead atoms. The van der Waals surface area contributed by atoms with E-state index in [-0.39, 0.29) is 12.5 Å². The first-order chi connectivity index (χ1) is 11.2. The van der Waals surface area contributed by atoms with Gasteiger partial charge in [-0.2, -0.15) is 0 Å². The second kappa shape index (κ2) is 8.29. The summed E-state index contributed by atoms with van der Waals surface area (Å²) in [4.78, 5) is 10.5. The van der Waals surface area contributed by atoms with Crippen molar-refractivity contribution in [1.29, 1.82) is 0 Å². The fraction of sp³-hybridized carbons (Fsp3) is 0.842. The monoisotopic (exact) mass is 322 g/mol. The number of aliphatic carboxylic acids is 1. The maximum absolute atomic E-state index is 10.5.